The van der Waals surface area contributed by atoms with Gasteiger partial charge in [0.05, 0.1) is 6.21 Å². The van der Waals surface area contributed by atoms with Gasteiger partial charge in [0.1, 0.15) is 11.5 Å². The van der Waals surface area contributed by atoms with Gasteiger partial charge in [-0.3, -0.25) is 4.79 Å². The number of rotatable bonds is 8. The molecule has 6 nitrogen and oxygen atoms in total. The molecule has 0 atom stereocenters. The van der Waals surface area contributed by atoms with E-state index in [2.05, 4.69) is 29.3 Å². The first-order chi connectivity index (χ1) is 12.9. The van der Waals surface area contributed by atoms with E-state index in [1.54, 1.807) is 12.1 Å². The number of hydrazone groups is 1. The molecule has 2 N–H and O–H groups in total. The number of aryl methyl sites for hydroxylation is 2. The highest BCUT2D eigenvalue weighted by Gasteiger charge is 2.06. The molecule has 0 spiro atoms. The maximum atomic E-state index is 11.8. The highest BCUT2D eigenvalue weighted by molar-refractivity contribution is 5.86. The van der Waals surface area contributed by atoms with Crippen molar-refractivity contribution in [3.8, 4) is 11.5 Å². The van der Waals surface area contributed by atoms with Gasteiger partial charge in [0, 0.05) is 30.4 Å². The molecule has 0 fully saturated rings. The smallest absolute Gasteiger partial charge is 0.277 e. The van der Waals surface area contributed by atoms with Crippen LogP contribution >= 0.6 is 0 Å². The first kappa shape index (κ1) is 20.3. The number of amides is 1. The number of aromatic hydroxyl groups is 1. The molecule has 6 heteroatoms. The van der Waals surface area contributed by atoms with Crippen LogP contribution in [0.4, 0.5) is 5.69 Å². The zero-order valence-electron chi connectivity index (χ0n) is 16.3. The van der Waals surface area contributed by atoms with Crippen LogP contribution in [0.15, 0.2) is 41.5 Å². The fraction of sp³-hybridized carbons (Fsp3) is 0.333. The Morgan fingerprint density at radius 3 is 2.52 bits per heavy atom. The lowest BCUT2D eigenvalue weighted by atomic mass is 10.1. The summed E-state index contributed by atoms with van der Waals surface area (Å²) < 4.78 is 5.46. The van der Waals surface area contributed by atoms with Crippen molar-refractivity contribution in [3.63, 3.8) is 0 Å². The van der Waals surface area contributed by atoms with Gasteiger partial charge < -0.3 is 14.7 Å². The number of hydrogen-bond donors (Lipinski definition) is 2. The van der Waals surface area contributed by atoms with Crippen molar-refractivity contribution >= 4 is 17.8 Å². The minimum Gasteiger partial charge on any atom is -0.507 e. The average Bonchev–Trinajstić information content (AvgIpc) is 2.65. The Labute approximate surface area is 160 Å². The summed E-state index contributed by atoms with van der Waals surface area (Å²) in [7, 11) is 0. The first-order valence-corrected chi connectivity index (χ1v) is 9.04. The van der Waals surface area contributed by atoms with E-state index in [0.29, 0.717) is 11.3 Å². The van der Waals surface area contributed by atoms with Crippen molar-refractivity contribution in [2.45, 2.75) is 27.7 Å². The van der Waals surface area contributed by atoms with Gasteiger partial charge in [-0.2, -0.15) is 5.10 Å². The van der Waals surface area contributed by atoms with Gasteiger partial charge in [-0.15, -0.1) is 0 Å². The van der Waals surface area contributed by atoms with Crippen molar-refractivity contribution in [2.75, 3.05) is 24.6 Å². The number of nitrogens with one attached hydrogen (secondary N) is 1. The topological polar surface area (TPSA) is 74.2 Å². The van der Waals surface area contributed by atoms with Crippen LogP contribution < -0.4 is 15.1 Å². The standard InChI is InChI=1S/C21H27N3O3/c1-5-24(6-2)18-9-8-17(20(25)12-18)13-22-23-21(26)14-27-19-10-7-15(3)16(4)11-19/h7-13,25H,5-6,14H2,1-4H3,(H,23,26)/b22-13-. The molecule has 2 aromatic rings. The SMILES string of the molecule is CCN(CC)c1ccc(/C=N\NC(=O)COc2ccc(C)c(C)c2)c(O)c1. The summed E-state index contributed by atoms with van der Waals surface area (Å²) in [6.07, 6.45) is 1.41. The molecule has 144 valence electrons. The fourth-order valence-electron chi connectivity index (χ4n) is 2.59. The van der Waals surface area contributed by atoms with E-state index in [1.165, 1.54) is 11.8 Å². The van der Waals surface area contributed by atoms with Gasteiger partial charge in [-0.1, -0.05) is 6.07 Å². The van der Waals surface area contributed by atoms with E-state index in [0.717, 1.165) is 24.3 Å². The summed E-state index contributed by atoms with van der Waals surface area (Å²) in [5.41, 5.74) is 6.15. The van der Waals surface area contributed by atoms with E-state index in [-0.39, 0.29) is 18.3 Å². The third-order valence-corrected chi connectivity index (χ3v) is 4.38. The van der Waals surface area contributed by atoms with E-state index in [4.69, 9.17) is 4.74 Å². The predicted octanol–water partition coefficient (Wildman–Crippen LogP) is 3.38. The summed E-state index contributed by atoms with van der Waals surface area (Å²) in [6, 6.07) is 11.0. The summed E-state index contributed by atoms with van der Waals surface area (Å²) in [5, 5.41) is 14.0. The van der Waals surface area contributed by atoms with Gasteiger partial charge >= 0.3 is 0 Å². The molecule has 0 unspecified atom stereocenters. The lowest BCUT2D eigenvalue weighted by molar-refractivity contribution is -0.123. The van der Waals surface area contributed by atoms with Crippen LogP contribution in [0.25, 0.3) is 0 Å². The van der Waals surface area contributed by atoms with Crippen molar-refractivity contribution in [1.29, 1.82) is 0 Å². The Balaban J connectivity index is 1.88. The predicted molar refractivity (Wildman–Crippen MR) is 109 cm³/mol. The Bertz CT molecular complexity index is 814. The third-order valence-electron chi connectivity index (χ3n) is 4.38. The van der Waals surface area contributed by atoms with Gasteiger partial charge in [0.25, 0.3) is 5.91 Å². The number of phenolic OH excluding ortho intramolecular Hbond substituents is 1. The average molecular weight is 369 g/mol. The zero-order valence-corrected chi connectivity index (χ0v) is 16.3. The highest BCUT2D eigenvalue weighted by Crippen LogP contribution is 2.23. The Kier molecular flexibility index (Phi) is 7.23. The van der Waals surface area contributed by atoms with Gasteiger partial charge in [-0.05, 0) is 63.1 Å². The number of benzene rings is 2. The molecule has 0 aliphatic heterocycles. The van der Waals surface area contributed by atoms with Crippen LogP contribution in [0, 0.1) is 13.8 Å². The lowest BCUT2D eigenvalue weighted by Crippen LogP contribution is -2.24. The Morgan fingerprint density at radius 1 is 1.15 bits per heavy atom. The Morgan fingerprint density at radius 2 is 1.89 bits per heavy atom. The molecule has 0 aromatic heterocycles. The summed E-state index contributed by atoms with van der Waals surface area (Å²) in [6.45, 7) is 9.72. The molecule has 0 saturated carbocycles. The van der Waals surface area contributed by atoms with Crippen LogP contribution in [0.1, 0.15) is 30.5 Å². The fourth-order valence-corrected chi connectivity index (χ4v) is 2.59. The molecule has 0 aliphatic rings. The summed E-state index contributed by atoms with van der Waals surface area (Å²) in [4.78, 5) is 14.0. The van der Waals surface area contributed by atoms with E-state index in [9.17, 15) is 9.90 Å². The Hall–Kier alpha value is -3.02. The van der Waals surface area contributed by atoms with Crippen molar-refractivity contribution in [2.24, 2.45) is 5.10 Å². The number of ether oxygens (including phenoxy) is 1. The van der Waals surface area contributed by atoms with E-state index >= 15 is 0 Å². The van der Waals surface area contributed by atoms with Crippen LogP contribution in [-0.2, 0) is 4.79 Å². The third kappa shape index (κ3) is 5.74. The van der Waals surface area contributed by atoms with Crippen LogP contribution in [0.5, 0.6) is 11.5 Å². The monoisotopic (exact) mass is 369 g/mol. The first-order valence-electron chi connectivity index (χ1n) is 9.04. The molecular weight excluding hydrogens is 342 g/mol. The molecule has 1 amide bonds. The number of phenols is 1. The number of hydrogen-bond acceptors (Lipinski definition) is 5. The molecule has 0 aliphatic carbocycles. The van der Waals surface area contributed by atoms with Crippen molar-refractivity contribution in [3.05, 3.63) is 53.1 Å². The van der Waals surface area contributed by atoms with Crippen LogP contribution in [0.2, 0.25) is 0 Å². The van der Waals surface area contributed by atoms with Gasteiger partial charge in [-0.25, -0.2) is 5.43 Å². The molecule has 2 aromatic carbocycles. The number of carbonyl (C=O) groups excluding carboxylic acids is 1. The van der Waals surface area contributed by atoms with E-state index < -0.39 is 0 Å². The maximum Gasteiger partial charge on any atom is 0.277 e. The molecule has 0 heterocycles. The van der Waals surface area contributed by atoms with E-state index in [1.807, 2.05) is 38.1 Å². The second-order valence-electron chi connectivity index (χ2n) is 6.24. The summed E-state index contributed by atoms with van der Waals surface area (Å²) in [5.74, 6) is 0.384. The summed E-state index contributed by atoms with van der Waals surface area (Å²) >= 11 is 0. The second kappa shape index (κ2) is 9.62. The molecule has 0 saturated heterocycles. The van der Waals surface area contributed by atoms with Crippen molar-refractivity contribution < 1.29 is 14.6 Å². The molecule has 2 rings (SSSR count). The zero-order chi connectivity index (χ0) is 19.8. The second-order valence-corrected chi connectivity index (χ2v) is 6.24. The minimum atomic E-state index is -0.372. The van der Waals surface area contributed by atoms with Crippen molar-refractivity contribution in [1.82, 2.24) is 5.43 Å². The molecule has 0 bridgehead atoms. The molecular formula is C21H27N3O3. The molecule has 27 heavy (non-hydrogen) atoms. The number of anilines is 1. The quantitative estimate of drug-likeness (QED) is 0.553. The van der Waals surface area contributed by atoms with Gasteiger partial charge in [0.2, 0.25) is 0 Å². The molecule has 0 radical (unpaired) electrons. The maximum absolute atomic E-state index is 11.8. The van der Waals surface area contributed by atoms with Crippen LogP contribution in [-0.4, -0.2) is 36.9 Å². The highest BCUT2D eigenvalue weighted by atomic mass is 16.5. The van der Waals surface area contributed by atoms with Crippen LogP contribution in [0.3, 0.4) is 0 Å². The lowest BCUT2D eigenvalue weighted by Gasteiger charge is -2.21. The largest absolute Gasteiger partial charge is 0.507 e. The number of carbonyl (C=O) groups is 1. The number of nitrogens with zero attached hydrogens (tertiary/aromatic N) is 2. The minimum absolute atomic E-state index is 0.115. The van der Waals surface area contributed by atoms with Gasteiger partial charge in [0.15, 0.2) is 6.61 Å². The normalized spacial score (nSPS) is 10.8.